The molecule has 0 bridgehead atoms. The Morgan fingerprint density at radius 3 is 1.91 bits per heavy atom. The number of rotatable bonds is 2. The Kier molecular flexibility index (Phi) is 2.04. The highest BCUT2D eigenvalue weighted by Gasteiger charge is 2.47. The summed E-state index contributed by atoms with van der Waals surface area (Å²) >= 11 is 0. The second kappa shape index (κ2) is 2.48. The molecule has 1 heteroatoms. The van der Waals surface area contributed by atoms with Gasteiger partial charge in [-0.3, -0.25) is 0 Å². The Morgan fingerprint density at radius 1 is 1.36 bits per heavy atom. The maximum absolute atomic E-state index is 9.58. The molecule has 1 N–H and O–H groups in total. The maximum Gasteiger partial charge on any atom is 0.0568 e. The summed E-state index contributed by atoms with van der Waals surface area (Å²) in [5.74, 6) is 0. The van der Waals surface area contributed by atoms with Crippen molar-refractivity contribution in [2.45, 2.75) is 53.1 Å². The zero-order chi connectivity index (χ0) is 8.70. The minimum atomic E-state index is -0.187. The van der Waals surface area contributed by atoms with Crippen LogP contribution < -0.4 is 0 Å². The van der Waals surface area contributed by atoms with Crippen LogP contribution in [0.2, 0.25) is 0 Å². The Hall–Kier alpha value is -0.0400. The van der Waals surface area contributed by atoms with Crippen molar-refractivity contribution >= 4 is 0 Å². The molecule has 1 rings (SSSR count). The van der Waals surface area contributed by atoms with E-state index in [1.54, 1.807) is 0 Å². The fraction of sp³-hybridized carbons (Fsp3) is 1.00. The molecule has 11 heavy (non-hydrogen) atoms. The molecule has 0 heterocycles. The Labute approximate surface area is 69.8 Å². The highest BCUT2D eigenvalue weighted by Crippen LogP contribution is 2.54. The summed E-state index contributed by atoms with van der Waals surface area (Å²) in [4.78, 5) is 0. The van der Waals surface area contributed by atoms with Crippen LogP contribution in [0.5, 0.6) is 0 Å². The lowest BCUT2D eigenvalue weighted by Gasteiger charge is -2.52. The first-order chi connectivity index (χ1) is 4.90. The van der Waals surface area contributed by atoms with Gasteiger partial charge in [0.1, 0.15) is 0 Å². The molecule has 0 unspecified atom stereocenters. The van der Waals surface area contributed by atoms with E-state index in [-0.39, 0.29) is 11.5 Å². The first-order valence-corrected chi connectivity index (χ1v) is 4.58. The summed E-state index contributed by atoms with van der Waals surface area (Å²) in [7, 11) is 0. The van der Waals surface area contributed by atoms with Crippen LogP contribution >= 0.6 is 0 Å². The second-order valence-electron chi connectivity index (χ2n) is 4.81. The predicted octanol–water partition coefficient (Wildman–Crippen LogP) is 2.58. The number of hydrogen-bond acceptors (Lipinski definition) is 1. The van der Waals surface area contributed by atoms with Gasteiger partial charge in [0.05, 0.1) is 6.10 Å². The third-order valence-corrected chi connectivity index (χ3v) is 4.06. The fourth-order valence-electron chi connectivity index (χ4n) is 1.86. The van der Waals surface area contributed by atoms with Crippen molar-refractivity contribution in [1.29, 1.82) is 0 Å². The van der Waals surface area contributed by atoms with E-state index < -0.39 is 0 Å². The molecule has 1 aliphatic carbocycles. The zero-order valence-electron chi connectivity index (χ0n) is 8.15. The summed E-state index contributed by atoms with van der Waals surface area (Å²) in [6, 6.07) is 0. The monoisotopic (exact) mass is 156 g/mol. The van der Waals surface area contributed by atoms with Gasteiger partial charge < -0.3 is 5.11 Å². The van der Waals surface area contributed by atoms with Crippen LogP contribution in [0.25, 0.3) is 0 Å². The number of hydrogen-bond donors (Lipinski definition) is 1. The van der Waals surface area contributed by atoms with Crippen LogP contribution in [-0.4, -0.2) is 11.2 Å². The zero-order valence-corrected chi connectivity index (χ0v) is 8.15. The standard InChI is InChI=1S/C10H20O/c1-8(11)9(2,3)10(4)6-5-7-10/h8,11H,5-7H2,1-4H3/t8-/m0/s1. The van der Waals surface area contributed by atoms with Crippen molar-refractivity contribution in [1.82, 2.24) is 0 Å². The molecule has 0 radical (unpaired) electrons. The molecule has 0 amide bonds. The van der Waals surface area contributed by atoms with Gasteiger partial charge in [-0.2, -0.15) is 0 Å². The van der Waals surface area contributed by atoms with E-state index in [0.29, 0.717) is 5.41 Å². The van der Waals surface area contributed by atoms with E-state index in [9.17, 15) is 5.11 Å². The third-order valence-electron chi connectivity index (χ3n) is 4.06. The molecule has 1 nitrogen and oxygen atoms in total. The first kappa shape index (κ1) is 9.05. The lowest BCUT2D eigenvalue weighted by atomic mass is 9.54. The highest BCUT2D eigenvalue weighted by atomic mass is 16.3. The molecule has 1 fully saturated rings. The molecular weight excluding hydrogens is 136 g/mol. The minimum absolute atomic E-state index is 0.0885. The van der Waals surface area contributed by atoms with Crippen molar-refractivity contribution in [2.24, 2.45) is 10.8 Å². The average molecular weight is 156 g/mol. The van der Waals surface area contributed by atoms with Gasteiger partial charge in [0.2, 0.25) is 0 Å². The molecule has 1 saturated carbocycles. The Morgan fingerprint density at radius 2 is 1.82 bits per heavy atom. The van der Waals surface area contributed by atoms with Crippen molar-refractivity contribution in [3.8, 4) is 0 Å². The van der Waals surface area contributed by atoms with E-state index in [1.807, 2.05) is 6.92 Å². The number of aliphatic hydroxyl groups excluding tert-OH is 1. The largest absolute Gasteiger partial charge is 0.393 e. The van der Waals surface area contributed by atoms with E-state index >= 15 is 0 Å². The quantitative estimate of drug-likeness (QED) is 0.651. The molecule has 0 aromatic rings. The first-order valence-electron chi connectivity index (χ1n) is 4.58. The minimum Gasteiger partial charge on any atom is -0.393 e. The molecule has 0 saturated heterocycles. The molecule has 1 aliphatic rings. The summed E-state index contributed by atoms with van der Waals surface area (Å²) in [5.41, 5.74) is 0.479. The van der Waals surface area contributed by atoms with Crippen molar-refractivity contribution in [2.75, 3.05) is 0 Å². The Bertz CT molecular complexity index is 143. The van der Waals surface area contributed by atoms with Gasteiger partial charge in [-0.05, 0) is 30.6 Å². The van der Waals surface area contributed by atoms with E-state index in [2.05, 4.69) is 20.8 Å². The molecule has 1 atom stereocenters. The summed E-state index contributed by atoms with van der Waals surface area (Å²) in [5, 5.41) is 9.58. The molecule has 0 aliphatic heterocycles. The Balaban J connectivity index is 2.70. The van der Waals surface area contributed by atoms with Gasteiger partial charge in [0, 0.05) is 0 Å². The van der Waals surface area contributed by atoms with E-state index in [1.165, 1.54) is 19.3 Å². The number of aliphatic hydroxyl groups is 1. The second-order valence-corrected chi connectivity index (χ2v) is 4.81. The molecule has 0 aromatic carbocycles. The highest BCUT2D eigenvalue weighted by molar-refractivity contribution is 4.97. The predicted molar refractivity (Wildman–Crippen MR) is 47.4 cm³/mol. The van der Waals surface area contributed by atoms with Gasteiger partial charge in [-0.25, -0.2) is 0 Å². The van der Waals surface area contributed by atoms with Crippen molar-refractivity contribution in [3.05, 3.63) is 0 Å². The van der Waals surface area contributed by atoms with Crippen LogP contribution in [0, 0.1) is 10.8 Å². The average Bonchev–Trinajstić information content (AvgIpc) is 1.82. The van der Waals surface area contributed by atoms with Crippen molar-refractivity contribution in [3.63, 3.8) is 0 Å². The fourth-order valence-corrected chi connectivity index (χ4v) is 1.86. The van der Waals surface area contributed by atoms with Gasteiger partial charge >= 0.3 is 0 Å². The third kappa shape index (κ3) is 1.20. The molecule has 66 valence electrons. The summed E-state index contributed by atoms with van der Waals surface area (Å²) in [6.07, 6.45) is 3.72. The normalized spacial score (nSPS) is 25.9. The lowest BCUT2D eigenvalue weighted by molar-refractivity contribution is -0.0787. The SMILES string of the molecule is C[C@H](O)C(C)(C)C1(C)CCC1. The lowest BCUT2D eigenvalue weighted by Crippen LogP contribution is -2.47. The van der Waals surface area contributed by atoms with Crippen LogP contribution in [0.4, 0.5) is 0 Å². The molecular formula is C10H20O. The van der Waals surface area contributed by atoms with Gasteiger partial charge in [-0.15, -0.1) is 0 Å². The van der Waals surface area contributed by atoms with E-state index in [0.717, 1.165) is 0 Å². The van der Waals surface area contributed by atoms with Crippen LogP contribution in [-0.2, 0) is 0 Å². The smallest absolute Gasteiger partial charge is 0.0568 e. The van der Waals surface area contributed by atoms with Crippen LogP contribution in [0.15, 0.2) is 0 Å². The summed E-state index contributed by atoms with van der Waals surface area (Å²) < 4.78 is 0. The topological polar surface area (TPSA) is 20.2 Å². The summed E-state index contributed by atoms with van der Waals surface area (Å²) in [6.45, 7) is 8.56. The van der Waals surface area contributed by atoms with Crippen LogP contribution in [0.3, 0.4) is 0 Å². The molecule has 0 aromatic heterocycles. The van der Waals surface area contributed by atoms with Gasteiger partial charge in [0.15, 0.2) is 0 Å². The van der Waals surface area contributed by atoms with E-state index in [4.69, 9.17) is 0 Å². The molecule has 0 spiro atoms. The maximum atomic E-state index is 9.58. The van der Waals surface area contributed by atoms with Gasteiger partial charge in [-0.1, -0.05) is 27.2 Å². The van der Waals surface area contributed by atoms with Crippen molar-refractivity contribution < 1.29 is 5.11 Å². The van der Waals surface area contributed by atoms with Gasteiger partial charge in [0.25, 0.3) is 0 Å². The van der Waals surface area contributed by atoms with Crippen LogP contribution in [0.1, 0.15) is 47.0 Å².